The number of anilines is 6. The molecule has 8 nitrogen and oxygen atoms in total. The third-order valence-corrected chi connectivity index (χ3v) is 14.9. The van der Waals surface area contributed by atoms with Crippen molar-refractivity contribution in [3.63, 3.8) is 0 Å². The maximum absolute atomic E-state index is 13.8. The van der Waals surface area contributed by atoms with Gasteiger partial charge in [-0.15, -0.1) is 0 Å². The SMILES string of the molecule is O=c1c2ccc(-c3ccc(N4c5ccccc5S(=O)(=O)c5ccccc54)cc3)cc2oc2cc(-c3ccc(N4c5ccccc5S(=O)(=O)c5ccccc54)cc3)ccc12. The molecule has 10 heteroatoms. The summed E-state index contributed by atoms with van der Waals surface area (Å²) in [4.78, 5) is 18.7. The summed E-state index contributed by atoms with van der Waals surface area (Å²) in [5.41, 5.74) is 8.26. The van der Waals surface area contributed by atoms with Crippen LogP contribution in [0.3, 0.4) is 0 Å². The molecule has 0 aliphatic carbocycles. The van der Waals surface area contributed by atoms with Crippen molar-refractivity contribution in [2.45, 2.75) is 19.6 Å². The summed E-state index contributed by atoms with van der Waals surface area (Å²) in [6.45, 7) is 0. The van der Waals surface area contributed by atoms with Crippen LogP contribution in [0.2, 0.25) is 0 Å². The number of nitrogens with zero attached hydrogens (tertiary/aromatic N) is 2. The largest absolute Gasteiger partial charge is 0.456 e. The van der Waals surface area contributed by atoms with E-state index in [-0.39, 0.29) is 25.0 Å². The maximum atomic E-state index is 13.8. The minimum atomic E-state index is -3.68. The van der Waals surface area contributed by atoms with Crippen LogP contribution >= 0.6 is 0 Å². The summed E-state index contributed by atoms with van der Waals surface area (Å²) in [5.74, 6) is 0. The van der Waals surface area contributed by atoms with Crippen LogP contribution in [0.1, 0.15) is 0 Å². The highest BCUT2D eigenvalue weighted by Gasteiger charge is 2.35. The molecule has 0 N–H and O–H groups in total. The van der Waals surface area contributed by atoms with Gasteiger partial charge in [-0.2, -0.15) is 0 Å². The van der Waals surface area contributed by atoms with Crippen LogP contribution in [0, 0.1) is 0 Å². The van der Waals surface area contributed by atoms with Gasteiger partial charge >= 0.3 is 0 Å². The molecule has 0 amide bonds. The minimum absolute atomic E-state index is 0.125. The van der Waals surface area contributed by atoms with Gasteiger partial charge in [-0.25, -0.2) is 16.8 Å². The second-order valence-corrected chi connectivity index (χ2v) is 18.3. The Labute approximate surface area is 339 Å². The molecule has 0 saturated heterocycles. The van der Waals surface area contributed by atoms with E-state index in [0.29, 0.717) is 44.7 Å². The second kappa shape index (κ2) is 12.9. The van der Waals surface area contributed by atoms with E-state index in [1.807, 2.05) is 131 Å². The van der Waals surface area contributed by atoms with E-state index in [1.54, 1.807) is 60.7 Å². The van der Waals surface area contributed by atoms with E-state index in [1.165, 1.54) is 0 Å². The Morgan fingerprint density at radius 1 is 0.356 bits per heavy atom. The first-order chi connectivity index (χ1) is 28.7. The second-order valence-electron chi connectivity index (χ2n) is 14.5. The molecular weight excluding hydrogens is 777 g/mol. The number of hydrogen-bond acceptors (Lipinski definition) is 8. The molecule has 0 fully saturated rings. The van der Waals surface area contributed by atoms with Crippen molar-refractivity contribution in [2.75, 3.05) is 9.80 Å². The topological polar surface area (TPSA) is 105 Å². The van der Waals surface area contributed by atoms with Crippen molar-refractivity contribution in [3.8, 4) is 22.3 Å². The molecule has 1 aromatic heterocycles. The van der Waals surface area contributed by atoms with Gasteiger partial charge in [0.15, 0.2) is 0 Å². The zero-order valence-electron chi connectivity index (χ0n) is 31.0. The Hall–Kier alpha value is -7.27. The van der Waals surface area contributed by atoms with Crippen molar-refractivity contribution in [1.82, 2.24) is 0 Å². The molecule has 59 heavy (non-hydrogen) atoms. The fourth-order valence-electron chi connectivity index (χ4n) is 8.35. The lowest BCUT2D eigenvalue weighted by atomic mass is 10.0. The zero-order valence-corrected chi connectivity index (χ0v) is 32.6. The van der Waals surface area contributed by atoms with Crippen LogP contribution in [0.25, 0.3) is 44.2 Å². The van der Waals surface area contributed by atoms with Gasteiger partial charge in [0, 0.05) is 11.4 Å². The molecule has 9 aromatic rings. The van der Waals surface area contributed by atoms with E-state index in [4.69, 9.17) is 4.42 Å². The molecule has 2 aliphatic rings. The summed E-state index contributed by atoms with van der Waals surface area (Å²) < 4.78 is 60.4. The van der Waals surface area contributed by atoms with Gasteiger partial charge in [0.25, 0.3) is 0 Å². The van der Waals surface area contributed by atoms with Crippen molar-refractivity contribution in [2.24, 2.45) is 0 Å². The van der Waals surface area contributed by atoms with E-state index in [9.17, 15) is 21.6 Å². The highest BCUT2D eigenvalue weighted by molar-refractivity contribution is 7.92. The summed E-state index contributed by atoms with van der Waals surface area (Å²) >= 11 is 0. The summed E-state index contributed by atoms with van der Waals surface area (Å²) in [7, 11) is -7.35. The number of fused-ring (bicyclic) bond motifs is 6. The van der Waals surface area contributed by atoms with Crippen LogP contribution in [0.4, 0.5) is 34.1 Å². The van der Waals surface area contributed by atoms with Gasteiger partial charge in [0.05, 0.1) is 53.1 Å². The Balaban J connectivity index is 0.930. The number of rotatable bonds is 4. The molecule has 0 saturated carbocycles. The predicted octanol–water partition coefficient (Wildman–Crippen LogP) is 11.5. The standard InChI is InChI=1S/C49H30N2O6S2/c52-49-37-27-21-33(31-17-23-35(24-18-31)50-39-9-1-5-13-45(39)58(53,54)46-14-6-2-10-40(46)50)29-43(37)57-44-30-34(22-28-38(44)49)32-19-25-36(26-20-32)51-41-11-3-7-15-47(41)59(55,56)48-16-8-4-12-42(48)51/h1-30H. The summed E-state index contributed by atoms with van der Waals surface area (Å²) in [6, 6.07) is 55.0. The number of benzene rings is 8. The van der Waals surface area contributed by atoms with E-state index < -0.39 is 19.7 Å². The lowest BCUT2D eigenvalue weighted by Crippen LogP contribution is -2.21. The van der Waals surface area contributed by atoms with E-state index >= 15 is 0 Å². The maximum Gasteiger partial charge on any atom is 0.210 e. The Morgan fingerprint density at radius 3 is 1.00 bits per heavy atom. The van der Waals surface area contributed by atoms with Gasteiger partial charge in [0.1, 0.15) is 11.2 Å². The zero-order chi connectivity index (χ0) is 40.0. The highest BCUT2D eigenvalue weighted by atomic mass is 32.2. The van der Waals surface area contributed by atoms with Gasteiger partial charge in [0.2, 0.25) is 25.1 Å². The fraction of sp³-hybridized carbons (Fsp3) is 0. The van der Waals surface area contributed by atoms with Gasteiger partial charge in [-0.05, 0) is 119 Å². The summed E-state index contributed by atoms with van der Waals surface area (Å²) in [5, 5.41) is 0.948. The Kier molecular flexibility index (Phi) is 7.62. The first-order valence-electron chi connectivity index (χ1n) is 18.9. The van der Waals surface area contributed by atoms with E-state index in [0.717, 1.165) is 33.6 Å². The Bertz CT molecular complexity index is 3170. The first-order valence-corrected chi connectivity index (χ1v) is 21.8. The molecule has 0 unspecified atom stereocenters. The predicted molar refractivity (Wildman–Crippen MR) is 231 cm³/mol. The van der Waals surface area contributed by atoms with Crippen molar-refractivity contribution in [1.29, 1.82) is 0 Å². The van der Waals surface area contributed by atoms with Crippen LogP contribution < -0.4 is 15.2 Å². The van der Waals surface area contributed by atoms with Crippen LogP contribution in [0.5, 0.6) is 0 Å². The third-order valence-electron chi connectivity index (χ3n) is 11.2. The van der Waals surface area contributed by atoms with Crippen molar-refractivity contribution >= 4 is 75.7 Å². The first kappa shape index (κ1) is 34.9. The van der Waals surface area contributed by atoms with Crippen LogP contribution in [-0.2, 0) is 19.7 Å². The summed E-state index contributed by atoms with van der Waals surface area (Å²) in [6.07, 6.45) is 0. The molecule has 284 valence electrons. The molecule has 0 spiro atoms. The van der Waals surface area contributed by atoms with Gasteiger partial charge in [-0.1, -0.05) is 84.9 Å². The smallest absolute Gasteiger partial charge is 0.210 e. The lowest BCUT2D eigenvalue weighted by molar-refractivity contribution is 0.593. The molecule has 11 rings (SSSR count). The molecule has 8 aromatic carbocycles. The molecule has 0 radical (unpaired) electrons. The average molecular weight is 807 g/mol. The van der Waals surface area contributed by atoms with Crippen LogP contribution in [-0.4, -0.2) is 16.8 Å². The number of sulfone groups is 2. The molecule has 0 atom stereocenters. The van der Waals surface area contributed by atoms with Crippen molar-refractivity contribution < 1.29 is 21.3 Å². The molecule has 0 bridgehead atoms. The molecule has 3 heterocycles. The van der Waals surface area contributed by atoms with Crippen molar-refractivity contribution in [3.05, 3.63) is 192 Å². The Morgan fingerprint density at radius 2 is 0.661 bits per heavy atom. The fourth-order valence-corrected chi connectivity index (χ4v) is 11.6. The molecular formula is C49H30N2O6S2. The quantitative estimate of drug-likeness (QED) is 0.162. The average Bonchev–Trinajstić information content (AvgIpc) is 3.27. The number of para-hydroxylation sites is 4. The van der Waals surface area contributed by atoms with Crippen LogP contribution in [0.15, 0.2) is 211 Å². The third kappa shape index (κ3) is 5.30. The lowest BCUT2D eigenvalue weighted by Gasteiger charge is -2.33. The van der Waals surface area contributed by atoms with Gasteiger partial charge in [-0.3, -0.25) is 4.79 Å². The molecule has 2 aliphatic heterocycles. The number of hydrogen-bond donors (Lipinski definition) is 0. The highest BCUT2D eigenvalue weighted by Crippen LogP contribution is 2.49. The normalized spacial score (nSPS) is 14.6. The minimum Gasteiger partial charge on any atom is -0.456 e. The monoisotopic (exact) mass is 806 g/mol. The van der Waals surface area contributed by atoms with E-state index in [2.05, 4.69) is 0 Å². The van der Waals surface area contributed by atoms with Gasteiger partial charge < -0.3 is 14.2 Å².